The van der Waals surface area contributed by atoms with E-state index >= 15 is 0 Å². The summed E-state index contributed by atoms with van der Waals surface area (Å²) in [5.74, 6) is -0.210. The van der Waals surface area contributed by atoms with Crippen molar-refractivity contribution in [2.24, 2.45) is 5.92 Å². The Morgan fingerprint density at radius 3 is 2.32 bits per heavy atom. The van der Waals surface area contributed by atoms with Crippen LogP contribution >= 0.6 is 0 Å². The zero-order valence-corrected chi connectivity index (χ0v) is 21.2. The molecule has 0 spiro atoms. The van der Waals surface area contributed by atoms with Gasteiger partial charge in [0.05, 0.1) is 5.56 Å². The summed E-state index contributed by atoms with van der Waals surface area (Å²) in [5.41, 5.74) is 3.71. The molecule has 2 amide bonds. The summed E-state index contributed by atoms with van der Waals surface area (Å²) in [7, 11) is 0. The molecule has 192 valence electrons. The van der Waals surface area contributed by atoms with Gasteiger partial charge < -0.3 is 15.1 Å². The number of amides is 2. The van der Waals surface area contributed by atoms with Gasteiger partial charge >= 0.3 is 0 Å². The first-order valence-corrected chi connectivity index (χ1v) is 13.4. The van der Waals surface area contributed by atoms with E-state index < -0.39 is 11.7 Å². The number of hydrogen-bond acceptors (Lipinski definition) is 3. The highest BCUT2D eigenvalue weighted by atomic mass is 19.1. The van der Waals surface area contributed by atoms with Crippen molar-refractivity contribution in [1.82, 2.24) is 4.90 Å². The van der Waals surface area contributed by atoms with Crippen LogP contribution in [0.25, 0.3) is 0 Å². The third-order valence-electron chi connectivity index (χ3n) is 7.54. The van der Waals surface area contributed by atoms with Crippen molar-refractivity contribution < 1.29 is 14.0 Å². The molecule has 37 heavy (non-hydrogen) atoms. The molecule has 2 fully saturated rings. The highest BCUT2D eigenvalue weighted by molar-refractivity contribution is 6.06. The minimum Gasteiger partial charge on any atom is -0.371 e. The Morgan fingerprint density at radius 2 is 1.59 bits per heavy atom. The van der Waals surface area contributed by atoms with E-state index in [2.05, 4.69) is 40.5 Å². The van der Waals surface area contributed by atoms with Crippen molar-refractivity contribution in [3.05, 3.63) is 95.3 Å². The average Bonchev–Trinajstić information content (AvgIpc) is 2.94. The van der Waals surface area contributed by atoms with Gasteiger partial charge in [0.2, 0.25) is 0 Å². The zero-order valence-electron chi connectivity index (χ0n) is 21.2. The van der Waals surface area contributed by atoms with Gasteiger partial charge in [-0.25, -0.2) is 4.39 Å². The lowest BCUT2D eigenvalue weighted by atomic mass is 9.89. The van der Waals surface area contributed by atoms with Crippen LogP contribution in [-0.2, 0) is 6.42 Å². The number of nitrogens with one attached hydrogen (secondary N) is 1. The Labute approximate surface area is 218 Å². The second kappa shape index (κ2) is 11.6. The fraction of sp³-hybridized carbons (Fsp3) is 0.355. The Hall–Kier alpha value is -3.67. The SMILES string of the molecule is O=C(Nc1ccc(N2CCC(Cc3ccccc3)CC2)c(C(=O)N2CCCCC2)c1)c1cccc(F)c1. The maximum absolute atomic E-state index is 13.7. The molecule has 2 heterocycles. The Balaban J connectivity index is 1.34. The molecule has 2 aliphatic heterocycles. The van der Waals surface area contributed by atoms with Crippen molar-refractivity contribution in [2.75, 3.05) is 36.4 Å². The van der Waals surface area contributed by atoms with Crippen molar-refractivity contribution in [3.8, 4) is 0 Å². The summed E-state index contributed by atoms with van der Waals surface area (Å²) >= 11 is 0. The Morgan fingerprint density at radius 1 is 0.838 bits per heavy atom. The van der Waals surface area contributed by atoms with E-state index in [1.165, 1.54) is 23.8 Å². The van der Waals surface area contributed by atoms with E-state index in [9.17, 15) is 14.0 Å². The van der Waals surface area contributed by atoms with Crippen LogP contribution in [-0.4, -0.2) is 42.9 Å². The van der Waals surface area contributed by atoms with Crippen molar-refractivity contribution >= 4 is 23.2 Å². The lowest BCUT2D eigenvalue weighted by Crippen LogP contribution is -2.39. The fourth-order valence-corrected chi connectivity index (χ4v) is 5.49. The molecule has 0 radical (unpaired) electrons. The molecule has 0 unspecified atom stereocenters. The predicted molar refractivity (Wildman–Crippen MR) is 146 cm³/mol. The lowest BCUT2D eigenvalue weighted by Gasteiger charge is -2.36. The Bertz CT molecular complexity index is 1230. The van der Waals surface area contributed by atoms with Crippen LogP contribution in [0.1, 0.15) is 58.4 Å². The number of rotatable bonds is 6. The van der Waals surface area contributed by atoms with Crippen LogP contribution in [0.4, 0.5) is 15.8 Å². The number of nitrogens with zero attached hydrogens (tertiary/aromatic N) is 2. The van der Waals surface area contributed by atoms with Gasteiger partial charge in [0.15, 0.2) is 0 Å². The molecule has 5 nitrogen and oxygen atoms in total. The van der Waals surface area contributed by atoms with Crippen LogP contribution in [0.3, 0.4) is 0 Å². The largest absolute Gasteiger partial charge is 0.371 e. The number of piperidine rings is 2. The molecule has 6 heteroatoms. The molecule has 5 rings (SSSR count). The molecule has 1 N–H and O–H groups in total. The van der Waals surface area contributed by atoms with Crippen molar-refractivity contribution in [2.45, 2.75) is 38.5 Å². The van der Waals surface area contributed by atoms with Crippen LogP contribution in [0, 0.1) is 11.7 Å². The summed E-state index contributed by atoms with van der Waals surface area (Å²) in [6.45, 7) is 3.31. The van der Waals surface area contributed by atoms with Crippen LogP contribution < -0.4 is 10.2 Å². The van der Waals surface area contributed by atoms with E-state index in [-0.39, 0.29) is 11.5 Å². The lowest BCUT2D eigenvalue weighted by molar-refractivity contribution is 0.0724. The van der Waals surface area contributed by atoms with Gasteiger partial charge in [-0.05, 0) is 86.4 Å². The van der Waals surface area contributed by atoms with Gasteiger partial charge in [0.1, 0.15) is 5.82 Å². The highest BCUT2D eigenvalue weighted by Gasteiger charge is 2.26. The first-order chi connectivity index (χ1) is 18.1. The maximum atomic E-state index is 13.7. The van der Waals surface area contributed by atoms with E-state index in [0.717, 1.165) is 70.4 Å². The molecule has 0 bridgehead atoms. The minimum absolute atomic E-state index is 0.0166. The van der Waals surface area contributed by atoms with Crippen LogP contribution in [0.2, 0.25) is 0 Å². The average molecular weight is 500 g/mol. The van der Waals surface area contributed by atoms with Gasteiger partial charge in [0, 0.05) is 43.1 Å². The number of hydrogen-bond donors (Lipinski definition) is 1. The van der Waals surface area contributed by atoms with Gasteiger partial charge in [-0.1, -0.05) is 36.4 Å². The predicted octanol–water partition coefficient (Wildman–Crippen LogP) is 6.16. The number of benzene rings is 3. The van der Waals surface area contributed by atoms with Gasteiger partial charge in [-0.15, -0.1) is 0 Å². The van der Waals surface area contributed by atoms with Crippen molar-refractivity contribution in [1.29, 1.82) is 0 Å². The van der Waals surface area contributed by atoms with E-state index in [4.69, 9.17) is 0 Å². The second-order valence-corrected chi connectivity index (χ2v) is 10.2. The molecule has 0 saturated carbocycles. The van der Waals surface area contributed by atoms with Gasteiger partial charge in [-0.3, -0.25) is 9.59 Å². The molecule has 0 atom stereocenters. The number of halogens is 1. The minimum atomic E-state index is -0.459. The summed E-state index contributed by atoms with van der Waals surface area (Å²) in [6.07, 6.45) is 6.41. The second-order valence-electron chi connectivity index (χ2n) is 10.2. The first-order valence-electron chi connectivity index (χ1n) is 13.4. The van der Waals surface area contributed by atoms with E-state index in [0.29, 0.717) is 17.2 Å². The smallest absolute Gasteiger partial charge is 0.256 e. The number of anilines is 2. The number of carbonyl (C=O) groups excluding carboxylic acids is 2. The number of carbonyl (C=O) groups is 2. The highest BCUT2D eigenvalue weighted by Crippen LogP contribution is 2.31. The zero-order chi connectivity index (χ0) is 25.6. The molecule has 2 saturated heterocycles. The molecular weight excluding hydrogens is 465 g/mol. The van der Waals surface area contributed by atoms with Crippen molar-refractivity contribution in [3.63, 3.8) is 0 Å². The molecule has 3 aromatic rings. The standard InChI is InChI=1S/C31H34FN3O2/c32-26-11-7-10-25(21-26)30(36)33-27-12-13-29(28(22-27)31(37)35-16-5-2-6-17-35)34-18-14-24(15-19-34)20-23-8-3-1-4-9-23/h1,3-4,7-13,21-22,24H,2,5-6,14-20H2,(H,33,36). The van der Waals surface area contributed by atoms with E-state index in [1.807, 2.05) is 17.0 Å². The quantitative estimate of drug-likeness (QED) is 0.442. The Kier molecular flexibility index (Phi) is 7.83. The molecule has 2 aliphatic rings. The monoisotopic (exact) mass is 499 g/mol. The van der Waals surface area contributed by atoms with Crippen LogP contribution in [0.15, 0.2) is 72.8 Å². The van der Waals surface area contributed by atoms with Crippen LogP contribution in [0.5, 0.6) is 0 Å². The summed E-state index contributed by atoms with van der Waals surface area (Å²) in [5, 5.41) is 2.85. The first kappa shape index (κ1) is 25.0. The maximum Gasteiger partial charge on any atom is 0.256 e. The third-order valence-corrected chi connectivity index (χ3v) is 7.54. The van der Waals surface area contributed by atoms with E-state index in [1.54, 1.807) is 12.1 Å². The van der Waals surface area contributed by atoms with Gasteiger partial charge in [0.25, 0.3) is 11.8 Å². The van der Waals surface area contributed by atoms with Gasteiger partial charge in [-0.2, -0.15) is 0 Å². The topological polar surface area (TPSA) is 52.7 Å². The molecule has 0 aliphatic carbocycles. The molecule has 3 aromatic carbocycles. The molecule has 0 aromatic heterocycles. The fourth-order valence-electron chi connectivity index (χ4n) is 5.49. The normalized spacial score (nSPS) is 16.5. The molecular formula is C31H34FN3O2. The summed E-state index contributed by atoms with van der Waals surface area (Å²) in [4.78, 5) is 30.6. The number of likely N-dealkylation sites (tertiary alicyclic amines) is 1. The third kappa shape index (κ3) is 6.19. The summed E-state index contributed by atoms with van der Waals surface area (Å²) < 4.78 is 13.6. The summed E-state index contributed by atoms with van der Waals surface area (Å²) in [6, 6.07) is 21.8.